The van der Waals surface area contributed by atoms with Crippen LogP contribution in [0.25, 0.3) is 0 Å². The van der Waals surface area contributed by atoms with Crippen LogP contribution in [0, 0.1) is 5.41 Å². The van der Waals surface area contributed by atoms with Crippen molar-refractivity contribution >= 4 is 28.7 Å². The Kier molecular flexibility index (Phi) is 4.76. The molecule has 0 fully saturated rings. The summed E-state index contributed by atoms with van der Waals surface area (Å²) in [5, 5.41) is 0. The Balaban J connectivity index is 2.70. The molecule has 0 aliphatic heterocycles. The Morgan fingerprint density at radius 2 is 2.06 bits per heavy atom. The predicted molar refractivity (Wildman–Crippen MR) is 75.2 cm³/mol. The molecule has 2 nitrogen and oxygen atoms in total. The first-order chi connectivity index (χ1) is 7.70. The van der Waals surface area contributed by atoms with E-state index in [1.54, 1.807) is 12.1 Å². The SMILES string of the molecule is CC(C(=O)c1ccc(Cl)s1)N(C)CC(C)(C)C. The summed E-state index contributed by atoms with van der Waals surface area (Å²) >= 11 is 7.20. The van der Waals surface area contributed by atoms with Crippen LogP contribution in [0.3, 0.4) is 0 Å². The second-order valence-corrected chi connectivity index (χ2v) is 7.33. The first kappa shape index (κ1) is 14.7. The van der Waals surface area contributed by atoms with Crippen LogP contribution in [0.15, 0.2) is 12.1 Å². The quantitative estimate of drug-likeness (QED) is 0.774. The van der Waals surface area contributed by atoms with E-state index >= 15 is 0 Å². The zero-order valence-corrected chi connectivity index (χ0v) is 12.7. The Morgan fingerprint density at radius 1 is 1.47 bits per heavy atom. The molecule has 0 N–H and O–H groups in total. The maximum Gasteiger partial charge on any atom is 0.189 e. The molecule has 1 atom stereocenters. The van der Waals surface area contributed by atoms with Gasteiger partial charge in [-0.2, -0.15) is 0 Å². The van der Waals surface area contributed by atoms with Crippen molar-refractivity contribution in [2.75, 3.05) is 13.6 Å². The van der Waals surface area contributed by atoms with E-state index < -0.39 is 0 Å². The number of rotatable bonds is 4. The second kappa shape index (κ2) is 5.51. The molecule has 0 saturated heterocycles. The minimum Gasteiger partial charge on any atom is -0.296 e. The van der Waals surface area contributed by atoms with Crippen molar-refractivity contribution in [3.8, 4) is 0 Å². The largest absolute Gasteiger partial charge is 0.296 e. The summed E-state index contributed by atoms with van der Waals surface area (Å²) in [4.78, 5) is 15.0. The van der Waals surface area contributed by atoms with Gasteiger partial charge in [0.25, 0.3) is 0 Å². The number of ketones is 1. The third-order valence-electron chi connectivity index (χ3n) is 2.58. The van der Waals surface area contributed by atoms with Gasteiger partial charge in [0.2, 0.25) is 0 Å². The molecular formula is C13H20ClNOS. The molecule has 0 saturated carbocycles. The maximum absolute atomic E-state index is 12.2. The van der Waals surface area contributed by atoms with E-state index in [9.17, 15) is 4.79 Å². The molecule has 0 aromatic carbocycles. The zero-order chi connectivity index (χ0) is 13.2. The number of carbonyl (C=O) groups excluding carboxylic acids is 1. The van der Waals surface area contributed by atoms with Gasteiger partial charge in [-0.05, 0) is 31.5 Å². The van der Waals surface area contributed by atoms with Crippen molar-refractivity contribution in [2.24, 2.45) is 5.41 Å². The summed E-state index contributed by atoms with van der Waals surface area (Å²) in [7, 11) is 1.99. The van der Waals surface area contributed by atoms with E-state index in [2.05, 4.69) is 25.7 Å². The van der Waals surface area contributed by atoms with Gasteiger partial charge in [0.1, 0.15) is 0 Å². The third kappa shape index (κ3) is 4.41. The number of carbonyl (C=O) groups is 1. The number of Topliss-reactive ketones (excluding diaryl/α,β-unsaturated/α-hetero) is 1. The van der Waals surface area contributed by atoms with E-state index in [0.717, 1.165) is 11.4 Å². The van der Waals surface area contributed by atoms with Gasteiger partial charge in [-0.3, -0.25) is 9.69 Å². The van der Waals surface area contributed by atoms with Crippen LogP contribution >= 0.6 is 22.9 Å². The van der Waals surface area contributed by atoms with Crippen molar-refractivity contribution < 1.29 is 4.79 Å². The van der Waals surface area contributed by atoms with E-state index in [1.165, 1.54) is 11.3 Å². The summed E-state index contributed by atoms with van der Waals surface area (Å²) < 4.78 is 0.666. The minimum absolute atomic E-state index is 0.107. The fourth-order valence-electron chi connectivity index (χ4n) is 1.74. The molecular weight excluding hydrogens is 254 g/mol. The number of hydrogen-bond acceptors (Lipinski definition) is 3. The average molecular weight is 274 g/mol. The fourth-order valence-corrected chi connectivity index (χ4v) is 2.80. The molecule has 1 unspecified atom stereocenters. The van der Waals surface area contributed by atoms with Gasteiger partial charge >= 0.3 is 0 Å². The van der Waals surface area contributed by atoms with Crippen molar-refractivity contribution in [3.63, 3.8) is 0 Å². The number of thiophene rings is 1. The second-order valence-electron chi connectivity index (χ2n) is 5.62. The molecule has 1 rings (SSSR count). The molecule has 1 heterocycles. The molecule has 0 amide bonds. The van der Waals surface area contributed by atoms with Crippen molar-refractivity contribution in [1.29, 1.82) is 0 Å². The lowest BCUT2D eigenvalue weighted by Gasteiger charge is -2.30. The number of likely N-dealkylation sites (N-methyl/N-ethyl adjacent to an activating group) is 1. The standard InChI is InChI=1S/C13H20ClNOS/c1-9(15(5)8-13(2,3)4)12(16)10-6-7-11(14)17-10/h6-7,9H,8H2,1-5H3. The molecule has 17 heavy (non-hydrogen) atoms. The van der Waals surface area contributed by atoms with Crippen molar-refractivity contribution in [3.05, 3.63) is 21.3 Å². The van der Waals surface area contributed by atoms with E-state index in [1.807, 2.05) is 14.0 Å². The molecule has 1 aromatic heterocycles. The van der Waals surface area contributed by atoms with E-state index in [-0.39, 0.29) is 17.2 Å². The summed E-state index contributed by atoms with van der Waals surface area (Å²) in [6.45, 7) is 9.34. The lowest BCUT2D eigenvalue weighted by atomic mass is 9.95. The van der Waals surface area contributed by atoms with Gasteiger partial charge in [-0.15, -0.1) is 11.3 Å². The van der Waals surface area contributed by atoms with Gasteiger partial charge in [-0.25, -0.2) is 0 Å². The van der Waals surface area contributed by atoms with Crippen molar-refractivity contribution in [2.45, 2.75) is 33.7 Å². The molecule has 1 aromatic rings. The lowest BCUT2D eigenvalue weighted by molar-refractivity contribution is 0.0835. The Hall–Kier alpha value is -0.380. The maximum atomic E-state index is 12.2. The topological polar surface area (TPSA) is 20.3 Å². The van der Waals surface area contributed by atoms with Gasteiger partial charge in [0.15, 0.2) is 5.78 Å². The van der Waals surface area contributed by atoms with Crippen molar-refractivity contribution in [1.82, 2.24) is 4.90 Å². The minimum atomic E-state index is -0.107. The smallest absolute Gasteiger partial charge is 0.189 e. The summed E-state index contributed by atoms with van der Waals surface area (Å²) in [5.41, 5.74) is 0.191. The van der Waals surface area contributed by atoms with Crippen LogP contribution in [0.4, 0.5) is 0 Å². The van der Waals surface area contributed by atoms with Crippen LogP contribution in [-0.2, 0) is 0 Å². The zero-order valence-electron chi connectivity index (χ0n) is 11.1. The van der Waals surface area contributed by atoms with Crippen LogP contribution < -0.4 is 0 Å². The monoisotopic (exact) mass is 273 g/mol. The van der Waals surface area contributed by atoms with Gasteiger partial charge in [0.05, 0.1) is 15.3 Å². The molecule has 0 bridgehead atoms. The van der Waals surface area contributed by atoms with Crippen LogP contribution in [-0.4, -0.2) is 30.3 Å². The Labute approximate surface area is 113 Å². The predicted octanol–water partition coefficient (Wildman–Crippen LogP) is 3.95. The Bertz CT molecular complexity index is 394. The molecule has 96 valence electrons. The van der Waals surface area contributed by atoms with E-state index in [4.69, 9.17) is 11.6 Å². The number of nitrogens with zero attached hydrogens (tertiary/aromatic N) is 1. The summed E-state index contributed by atoms with van der Waals surface area (Å²) in [6, 6.07) is 3.47. The van der Waals surface area contributed by atoms with Crippen LogP contribution in [0.1, 0.15) is 37.4 Å². The number of hydrogen-bond donors (Lipinski definition) is 0. The first-order valence-electron chi connectivity index (χ1n) is 5.70. The van der Waals surface area contributed by atoms with Crippen LogP contribution in [0.5, 0.6) is 0 Å². The van der Waals surface area contributed by atoms with Crippen LogP contribution in [0.2, 0.25) is 4.34 Å². The molecule has 0 spiro atoms. The highest BCUT2D eigenvalue weighted by atomic mass is 35.5. The highest BCUT2D eigenvalue weighted by Crippen LogP contribution is 2.24. The molecule has 0 aliphatic carbocycles. The van der Waals surface area contributed by atoms with Gasteiger partial charge < -0.3 is 0 Å². The third-order valence-corrected chi connectivity index (χ3v) is 3.83. The summed E-state index contributed by atoms with van der Waals surface area (Å²) in [5.74, 6) is 0.147. The Morgan fingerprint density at radius 3 is 2.47 bits per heavy atom. The average Bonchev–Trinajstić information content (AvgIpc) is 2.60. The lowest BCUT2D eigenvalue weighted by Crippen LogP contribution is -2.40. The van der Waals surface area contributed by atoms with E-state index in [0.29, 0.717) is 4.34 Å². The van der Waals surface area contributed by atoms with Gasteiger partial charge in [-0.1, -0.05) is 32.4 Å². The fraction of sp³-hybridized carbons (Fsp3) is 0.615. The molecule has 0 radical (unpaired) electrons. The summed E-state index contributed by atoms with van der Waals surface area (Å²) in [6.07, 6.45) is 0. The highest BCUT2D eigenvalue weighted by Gasteiger charge is 2.24. The molecule has 4 heteroatoms. The number of halogens is 1. The first-order valence-corrected chi connectivity index (χ1v) is 6.90. The van der Waals surface area contributed by atoms with Gasteiger partial charge in [0, 0.05) is 6.54 Å². The normalized spacial score (nSPS) is 14.1. The molecule has 0 aliphatic rings. The highest BCUT2D eigenvalue weighted by molar-refractivity contribution is 7.18.